The number of Topliss-reactive ketones (excluding diaryl/α,β-unsaturated/α-hetero) is 2. The Morgan fingerprint density at radius 2 is 0.630 bits per heavy atom. The largest absolute Gasteiger partial charge is 0.459 e. The van der Waals surface area contributed by atoms with E-state index in [1.807, 2.05) is 165 Å². The molecule has 6 aliphatic rings. The number of likely N-dealkylation sites (N-methyl/N-ethyl adjacent to an activating group) is 4. The van der Waals surface area contributed by atoms with Gasteiger partial charge in [0, 0.05) is 96.4 Å². The highest BCUT2D eigenvalue weighted by atomic mass is 19.1. The molecule has 0 radical (unpaired) electrons. The monoisotopic (exact) mass is 2100 g/mol. The summed E-state index contributed by atoms with van der Waals surface area (Å²) in [6.45, 7) is 70.1. The van der Waals surface area contributed by atoms with Crippen LogP contribution in [0.5, 0.6) is 0 Å². The Morgan fingerprint density at radius 3 is 0.932 bits per heavy atom. The number of methoxy groups -OCH3 is 3. The minimum atomic E-state index is -2.95. The van der Waals surface area contributed by atoms with Crippen LogP contribution in [0.4, 0.5) is 4.39 Å². The van der Waals surface area contributed by atoms with E-state index in [2.05, 4.69) is 20.8 Å². The number of ether oxygens (including phenoxy) is 11. The van der Waals surface area contributed by atoms with Crippen LogP contribution in [0.2, 0.25) is 0 Å². The van der Waals surface area contributed by atoms with Crippen molar-refractivity contribution in [3.05, 3.63) is 0 Å². The zero-order chi connectivity index (χ0) is 114. The van der Waals surface area contributed by atoms with Gasteiger partial charge in [-0.2, -0.15) is 0 Å². The van der Waals surface area contributed by atoms with Gasteiger partial charge in [-0.3, -0.25) is 24.0 Å². The van der Waals surface area contributed by atoms with Crippen molar-refractivity contribution in [2.75, 3.05) is 75.7 Å². The molecule has 146 heavy (non-hydrogen) atoms. The molecule has 35 heteroatoms. The van der Waals surface area contributed by atoms with Crippen molar-refractivity contribution in [2.24, 2.45) is 94.5 Å². The van der Waals surface area contributed by atoms with E-state index in [4.69, 9.17) is 57.8 Å². The maximum atomic E-state index is 15.4. The average molecular weight is 2100 g/mol. The molecule has 6 rings (SSSR count). The summed E-state index contributed by atoms with van der Waals surface area (Å²) in [5.41, 5.74) is -9.10. The summed E-state index contributed by atoms with van der Waals surface area (Å²) in [5.74, 6) is -9.81. The van der Waals surface area contributed by atoms with Crippen molar-refractivity contribution < 1.29 is 147 Å². The van der Waals surface area contributed by atoms with Crippen molar-refractivity contribution in [1.82, 2.24) is 19.6 Å². The quantitative estimate of drug-likeness (QED) is 0.0519. The maximum Gasteiger partial charge on any atom is 0.351 e. The van der Waals surface area contributed by atoms with Crippen molar-refractivity contribution >= 4 is 35.4 Å². The first kappa shape index (κ1) is 138. The number of cyclic esters (lactones) is 4. The molecule has 862 valence electrons. The molecule has 14 N–H and O–H groups in total. The lowest BCUT2D eigenvalue weighted by molar-refractivity contribution is -0.298. The molecule has 0 spiro atoms. The minimum Gasteiger partial charge on any atom is -0.459 e. The fourth-order valence-corrected chi connectivity index (χ4v) is 23.4. The fraction of sp³-hybridized carbons (Fsp3) is 0.946. The Balaban J connectivity index is 0.000000660. The van der Waals surface area contributed by atoms with Crippen LogP contribution in [0.3, 0.4) is 0 Å². The van der Waals surface area contributed by atoms with E-state index in [9.17, 15) is 90.0 Å². The number of ketones is 2. The SMILES string of the molecule is CC.CC[C@H]1OC(=O)[C@@](C)(F)C(=O)[C@H](C)[C@@H](C)[C@](C)(O)C[C@@H](C)CN(C)[C@H](C)[C@@H](O)[C@]1(C)O.CC[C@H]1OC(=O)[C@H](C)C(=O)[C@H](C)[C@@H](C)[C@](C)(OC)C[C@@H](C)CN(C)[C@H](C)[C@@H](O)[C@]1(C)O.CC[C@H]1OC(=O)[C@H](C)[C@@H](O[C@H]2C[C@@](C)(OC)[C@@H](N)[C@H](C)O2)[C@H](C)[C@@H](C)[C@](C)(O)C[C@@H](C)CN(C)[C@H](C)[C@@H](O)[C@]1(C)O.CC[C@H]1OC(=O)[C@H](C)[C@@H](O[C@H]2C[C@@](C)(OC)[C@@H](O)[C@H](C)O2)[C@H](C)[C@@H](C)[C@](C)(O)C[C@@H](C)CN(C)[C@H](C)[C@@H](O)[C@]1(C)O. The van der Waals surface area contributed by atoms with Gasteiger partial charge < -0.3 is 139 Å². The van der Waals surface area contributed by atoms with E-state index in [0.29, 0.717) is 77.5 Å². The van der Waals surface area contributed by atoms with Crippen LogP contribution in [-0.2, 0) is 80.9 Å². The van der Waals surface area contributed by atoms with Crippen LogP contribution in [0.25, 0.3) is 0 Å². The van der Waals surface area contributed by atoms with Crippen molar-refractivity contribution in [2.45, 2.75) is 511 Å². The number of carbonyl (C=O) groups is 6. The highest BCUT2D eigenvalue weighted by Gasteiger charge is 2.58. The number of aliphatic hydroxyl groups is 12. The van der Waals surface area contributed by atoms with Gasteiger partial charge in [0.25, 0.3) is 5.67 Å². The van der Waals surface area contributed by atoms with Gasteiger partial charge in [-0.1, -0.05) is 125 Å². The molecular formula is C111H212FN5O29. The number of hydrogen-bond donors (Lipinski definition) is 13. The zero-order valence-corrected chi connectivity index (χ0v) is 98.7. The molecule has 0 bridgehead atoms. The van der Waals surface area contributed by atoms with Gasteiger partial charge in [-0.15, -0.1) is 0 Å². The molecule has 46 atom stereocenters. The van der Waals surface area contributed by atoms with Crippen LogP contribution in [0, 0.1) is 88.8 Å². The second-order valence-electron chi connectivity index (χ2n) is 48.2. The van der Waals surface area contributed by atoms with Crippen LogP contribution >= 0.6 is 0 Å². The van der Waals surface area contributed by atoms with Gasteiger partial charge in [0.15, 0.2) is 18.4 Å². The summed E-state index contributed by atoms with van der Waals surface area (Å²) >= 11 is 0. The number of nitrogens with two attached hydrogens (primary N) is 1. The van der Waals surface area contributed by atoms with E-state index < -0.39 is 231 Å². The second-order valence-corrected chi connectivity index (χ2v) is 48.2. The Hall–Kier alpha value is -3.81. The van der Waals surface area contributed by atoms with Gasteiger partial charge >= 0.3 is 23.9 Å². The molecule has 0 aromatic heterocycles. The first-order chi connectivity index (χ1) is 66.5. The predicted octanol–water partition coefficient (Wildman–Crippen LogP) is 11.2. The number of rotatable bonds is 11. The first-order valence-electron chi connectivity index (χ1n) is 54.4. The van der Waals surface area contributed by atoms with Crippen LogP contribution < -0.4 is 5.73 Å². The average Bonchev–Trinajstić information content (AvgIpc) is 1.14. The number of aliphatic hydroxyl groups excluding tert-OH is 5. The molecule has 0 aromatic carbocycles. The van der Waals surface area contributed by atoms with Crippen molar-refractivity contribution in [1.29, 1.82) is 0 Å². The molecule has 0 saturated carbocycles. The summed E-state index contributed by atoms with van der Waals surface area (Å²) in [6.07, 6.45) is -9.87. The summed E-state index contributed by atoms with van der Waals surface area (Å²) in [5, 5.41) is 135. The number of carbonyl (C=O) groups excluding carboxylic acids is 6. The molecule has 0 aliphatic carbocycles. The maximum absolute atomic E-state index is 15.4. The number of esters is 4. The second kappa shape index (κ2) is 56.2. The Kier molecular flexibility index (Phi) is 53.2. The van der Waals surface area contributed by atoms with E-state index in [1.54, 1.807) is 97.4 Å². The van der Waals surface area contributed by atoms with Crippen LogP contribution in [-0.4, -0.2) is 376 Å². The molecule has 0 aromatic rings. The lowest BCUT2D eigenvalue weighted by Gasteiger charge is -2.47. The molecule has 6 aliphatic heterocycles. The van der Waals surface area contributed by atoms with Crippen LogP contribution in [0.15, 0.2) is 0 Å². The standard InChI is InChI=1S/C31H60N2O8.C31H59NO9.C24H45NO6.C23H42FNO6.C2H6/c1-13-23-31(10,37)27(34)21(6)33(11)16-17(2)14-29(8,36)20(5)18(3)25(19(4)28(35)40-23)41-24-15-30(9,38-12)26(32)22(7)39-24;1-13-23-31(10,37)26(33)21(6)32(11)16-17(2)14-29(8,36)20(5)18(3)25(19(4)28(35)40-23)41-24-15-30(9,38-12)27(34)22(7)39-24;1-11-19-24(8,29)21(27)18(6)25(9)13-14(2)12-23(7,30-10)17(5)15(3)20(26)16(4)22(28)31-19;1-10-17-23(8,30)19(27)16(5)25(9)12-13(2)11-21(6,29)15(4)14(3)18(26)22(7,24)20(28)31-17;1-2/h17-27,34,36-37H,13-16,32H2,1-12H3;17-27,33-34,36-37H,13-16H2,1-12H3;14-19,21,27,29H,11-13H2,1-10H3;13-17,19,27,29-30H,10-12H2,1-9H3;1-2H3/t17-,18-,19-,20-,21-,22+,23-,24+,25+,26+,27-,29-,30-,31-;17-,18-,19-,20-,21-,22+,23-,24+,25+,26-,27+,29-,30-,31-;14-,15-,16-,17-,18-,19-,21-,23-,24-;13-,14-,15-,16-,17-,19-,21-,22+,23-;/m1111./s1. The van der Waals surface area contributed by atoms with Crippen LogP contribution in [0.1, 0.15) is 327 Å². The minimum absolute atomic E-state index is 0.0221. The van der Waals surface area contributed by atoms with E-state index in [1.165, 1.54) is 41.7 Å². The molecule has 0 unspecified atom stereocenters. The van der Waals surface area contributed by atoms with E-state index in [-0.39, 0.29) is 90.1 Å². The van der Waals surface area contributed by atoms with Crippen molar-refractivity contribution in [3.8, 4) is 0 Å². The van der Waals surface area contributed by atoms with E-state index >= 15 is 4.39 Å². The Bertz CT molecular complexity index is 3820. The summed E-state index contributed by atoms with van der Waals surface area (Å²) < 4.78 is 80.8. The topological polar surface area (TPSA) is 486 Å². The lowest BCUT2D eigenvalue weighted by atomic mass is 9.72. The molecule has 0 amide bonds. The summed E-state index contributed by atoms with van der Waals surface area (Å²) in [4.78, 5) is 86.8. The smallest absolute Gasteiger partial charge is 0.351 e. The third-order valence-electron chi connectivity index (χ3n) is 36.0. The highest BCUT2D eigenvalue weighted by Crippen LogP contribution is 2.46. The lowest BCUT2D eigenvalue weighted by Crippen LogP contribution is -2.61. The highest BCUT2D eigenvalue weighted by molar-refractivity contribution is 6.07. The van der Waals surface area contributed by atoms with Gasteiger partial charge in [0.2, 0.25) is 0 Å². The normalized spacial score (nSPS) is 47.8. The number of hydrogen-bond acceptors (Lipinski definition) is 34. The van der Waals surface area contributed by atoms with Gasteiger partial charge in [-0.25, -0.2) is 9.18 Å². The molecular weight excluding hydrogens is 1890 g/mol. The zero-order valence-electron chi connectivity index (χ0n) is 98.7. The number of alkyl halides is 1. The predicted molar refractivity (Wildman–Crippen MR) is 562 cm³/mol. The third kappa shape index (κ3) is 33.9. The first-order valence-corrected chi connectivity index (χ1v) is 54.4. The Morgan fingerprint density at radius 1 is 0.356 bits per heavy atom. The van der Waals surface area contributed by atoms with Crippen molar-refractivity contribution in [3.63, 3.8) is 0 Å². The molecule has 34 nitrogen and oxygen atoms in total. The Labute approximate surface area is 878 Å². The van der Waals surface area contributed by atoms with Gasteiger partial charge in [0.1, 0.15) is 89.0 Å². The summed E-state index contributed by atoms with van der Waals surface area (Å²) in [7, 11) is 12.3. The van der Waals surface area contributed by atoms with E-state index in [0.717, 1.165) is 6.92 Å². The molecule has 6 fully saturated rings. The third-order valence-corrected chi connectivity index (χ3v) is 36.0. The number of nitrogens with zero attached hydrogens (tertiary/aromatic N) is 4. The summed E-state index contributed by atoms with van der Waals surface area (Å²) in [6, 6.07) is -2.11. The van der Waals surface area contributed by atoms with Gasteiger partial charge in [-0.05, 0) is 277 Å². The molecule has 6 heterocycles. The van der Waals surface area contributed by atoms with Gasteiger partial charge in [0.05, 0.1) is 75.9 Å². The molecule has 6 saturated heterocycles. The number of halogens is 1. The fourth-order valence-electron chi connectivity index (χ4n) is 23.4.